The second-order valence-corrected chi connectivity index (χ2v) is 5.00. The maximum atomic E-state index is 11.9. The average molecular weight is 257 g/mol. The summed E-state index contributed by atoms with van der Waals surface area (Å²) in [6, 6.07) is 0.224. The van der Waals surface area contributed by atoms with E-state index in [9.17, 15) is 9.59 Å². The highest BCUT2D eigenvalue weighted by Gasteiger charge is 2.15. The molecule has 0 saturated carbocycles. The molecule has 0 bridgehead atoms. The smallest absolute Gasteiger partial charge is 0.239 e. The molecule has 0 aromatic heterocycles. The van der Waals surface area contributed by atoms with Crippen LogP contribution in [-0.2, 0) is 9.59 Å². The number of carbonyl (C=O) groups excluding carboxylic acids is 2. The molecule has 3 N–H and O–H groups in total. The Morgan fingerprint density at radius 3 is 2.33 bits per heavy atom. The highest BCUT2D eigenvalue weighted by molar-refractivity contribution is 5.84. The number of hydrogen-bond donors (Lipinski definition) is 2. The number of rotatable bonds is 8. The molecule has 1 unspecified atom stereocenters. The van der Waals surface area contributed by atoms with Crippen LogP contribution in [-0.4, -0.2) is 41.9 Å². The van der Waals surface area contributed by atoms with Gasteiger partial charge >= 0.3 is 0 Å². The summed E-state index contributed by atoms with van der Waals surface area (Å²) >= 11 is 0. The molecule has 0 aliphatic heterocycles. The largest absolute Gasteiger partial charge is 0.352 e. The van der Waals surface area contributed by atoms with Gasteiger partial charge in [0.2, 0.25) is 11.8 Å². The van der Waals surface area contributed by atoms with Crippen LogP contribution >= 0.6 is 0 Å². The summed E-state index contributed by atoms with van der Waals surface area (Å²) in [5.74, 6) is -0.0792. The monoisotopic (exact) mass is 257 g/mol. The Morgan fingerprint density at radius 1 is 1.28 bits per heavy atom. The van der Waals surface area contributed by atoms with Gasteiger partial charge in [0.15, 0.2) is 0 Å². The van der Waals surface area contributed by atoms with E-state index in [0.717, 1.165) is 12.8 Å². The fraction of sp³-hybridized carbons (Fsp3) is 0.846. The second-order valence-electron chi connectivity index (χ2n) is 5.00. The zero-order valence-electron chi connectivity index (χ0n) is 12.0. The van der Waals surface area contributed by atoms with E-state index in [-0.39, 0.29) is 30.4 Å². The molecule has 0 radical (unpaired) electrons. The van der Waals surface area contributed by atoms with Gasteiger partial charge in [0.25, 0.3) is 0 Å². The van der Waals surface area contributed by atoms with Crippen molar-refractivity contribution in [1.29, 1.82) is 0 Å². The summed E-state index contributed by atoms with van der Waals surface area (Å²) in [5, 5.41) is 2.78. The van der Waals surface area contributed by atoms with Gasteiger partial charge in [-0.1, -0.05) is 0 Å². The quantitative estimate of drug-likeness (QED) is 0.677. The van der Waals surface area contributed by atoms with Crippen molar-refractivity contribution in [3.63, 3.8) is 0 Å². The Kier molecular flexibility index (Phi) is 8.37. The van der Waals surface area contributed by atoms with Crippen LogP contribution in [0.1, 0.15) is 47.0 Å². The SMILES string of the molecule is CCN(CC(=O)NC(C)C)C(=O)CCCC(C)N. The molecule has 2 amide bonds. The highest BCUT2D eigenvalue weighted by Crippen LogP contribution is 2.03. The minimum Gasteiger partial charge on any atom is -0.352 e. The molecule has 0 heterocycles. The van der Waals surface area contributed by atoms with Crippen LogP contribution in [0.15, 0.2) is 0 Å². The van der Waals surface area contributed by atoms with Gasteiger partial charge in [-0.3, -0.25) is 9.59 Å². The third-order valence-electron chi connectivity index (χ3n) is 2.57. The molecule has 18 heavy (non-hydrogen) atoms. The number of hydrogen-bond acceptors (Lipinski definition) is 3. The van der Waals surface area contributed by atoms with Gasteiger partial charge in [0.05, 0.1) is 6.54 Å². The first-order valence-electron chi connectivity index (χ1n) is 6.69. The molecule has 0 aliphatic rings. The Hall–Kier alpha value is -1.10. The maximum Gasteiger partial charge on any atom is 0.239 e. The van der Waals surface area contributed by atoms with E-state index in [4.69, 9.17) is 5.73 Å². The van der Waals surface area contributed by atoms with Gasteiger partial charge in [-0.2, -0.15) is 0 Å². The van der Waals surface area contributed by atoms with Crippen LogP contribution in [0, 0.1) is 0 Å². The van der Waals surface area contributed by atoms with Crippen molar-refractivity contribution in [2.75, 3.05) is 13.1 Å². The topological polar surface area (TPSA) is 75.4 Å². The first kappa shape index (κ1) is 16.9. The molecular weight excluding hydrogens is 230 g/mol. The van der Waals surface area contributed by atoms with Crippen molar-refractivity contribution in [3.8, 4) is 0 Å². The number of amides is 2. The Bertz CT molecular complexity index is 265. The highest BCUT2D eigenvalue weighted by atomic mass is 16.2. The van der Waals surface area contributed by atoms with E-state index in [1.807, 2.05) is 27.7 Å². The van der Waals surface area contributed by atoms with Gasteiger partial charge in [-0.15, -0.1) is 0 Å². The van der Waals surface area contributed by atoms with Crippen LogP contribution in [0.3, 0.4) is 0 Å². The van der Waals surface area contributed by atoms with E-state index < -0.39 is 0 Å². The van der Waals surface area contributed by atoms with Gasteiger partial charge in [0, 0.05) is 25.0 Å². The van der Waals surface area contributed by atoms with Crippen LogP contribution < -0.4 is 11.1 Å². The fourth-order valence-corrected chi connectivity index (χ4v) is 1.65. The van der Waals surface area contributed by atoms with Crippen molar-refractivity contribution in [3.05, 3.63) is 0 Å². The summed E-state index contributed by atoms with van der Waals surface area (Å²) in [5.41, 5.74) is 5.63. The van der Waals surface area contributed by atoms with Gasteiger partial charge in [-0.25, -0.2) is 0 Å². The lowest BCUT2D eigenvalue weighted by atomic mass is 10.1. The number of carbonyl (C=O) groups is 2. The number of nitrogens with one attached hydrogen (secondary N) is 1. The van der Waals surface area contributed by atoms with Crippen molar-refractivity contribution >= 4 is 11.8 Å². The minimum absolute atomic E-state index is 0.0251. The van der Waals surface area contributed by atoms with E-state index in [1.165, 1.54) is 0 Å². The molecular formula is C13H27N3O2. The van der Waals surface area contributed by atoms with Crippen LogP contribution in [0.4, 0.5) is 0 Å². The molecule has 0 rings (SSSR count). The summed E-state index contributed by atoms with van der Waals surface area (Å²) in [6.45, 7) is 8.32. The van der Waals surface area contributed by atoms with Gasteiger partial charge < -0.3 is 16.0 Å². The van der Waals surface area contributed by atoms with E-state index >= 15 is 0 Å². The third-order valence-corrected chi connectivity index (χ3v) is 2.57. The predicted octanol–water partition coefficient (Wildman–Crippen LogP) is 0.877. The zero-order chi connectivity index (χ0) is 14.1. The van der Waals surface area contributed by atoms with E-state index in [1.54, 1.807) is 4.90 Å². The van der Waals surface area contributed by atoms with Crippen molar-refractivity contribution in [2.45, 2.75) is 59.0 Å². The van der Waals surface area contributed by atoms with Crippen LogP contribution in [0.5, 0.6) is 0 Å². The Morgan fingerprint density at radius 2 is 1.89 bits per heavy atom. The summed E-state index contributed by atoms with van der Waals surface area (Å²) in [6.07, 6.45) is 2.07. The molecule has 0 aromatic rings. The Balaban J connectivity index is 4.07. The van der Waals surface area contributed by atoms with Crippen LogP contribution in [0.2, 0.25) is 0 Å². The fourth-order valence-electron chi connectivity index (χ4n) is 1.65. The maximum absolute atomic E-state index is 11.9. The molecule has 1 atom stereocenters. The Labute approximate surface area is 110 Å². The third kappa shape index (κ3) is 8.06. The zero-order valence-corrected chi connectivity index (χ0v) is 12.0. The lowest BCUT2D eigenvalue weighted by Crippen LogP contribution is -2.42. The van der Waals surface area contributed by atoms with E-state index in [2.05, 4.69) is 5.32 Å². The minimum atomic E-state index is -0.104. The lowest BCUT2D eigenvalue weighted by Gasteiger charge is -2.21. The lowest BCUT2D eigenvalue weighted by molar-refractivity contribution is -0.136. The van der Waals surface area contributed by atoms with Crippen molar-refractivity contribution < 1.29 is 9.59 Å². The molecule has 106 valence electrons. The molecule has 0 aromatic carbocycles. The molecule has 0 saturated heterocycles. The van der Waals surface area contributed by atoms with Crippen molar-refractivity contribution in [1.82, 2.24) is 10.2 Å². The molecule has 0 fully saturated rings. The molecule has 0 spiro atoms. The first-order chi connectivity index (χ1) is 8.36. The number of nitrogens with zero attached hydrogens (tertiary/aromatic N) is 1. The second kappa shape index (κ2) is 8.91. The summed E-state index contributed by atoms with van der Waals surface area (Å²) in [4.78, 5) is 25.0. The van der Waals surface area contributed by atoms with Crippen molar-refractivity contribution in [2.24, 2.45) is 5.73 Å². The number of nitrogens with two attached hydrogens (primary N) is 1. The average Bonchev–Trinajstić information content (AvgIpc) is 2.24. The van der Waals surface area contributed by atoms with Crippen LogP contribution in [0.25, 0.3) is 0 Å². The van der Waals surface area contributed by atoms with Gasteiger partial charge in [-0.05, 0) is 40.5 Å². The molecule has 5 heteroatoms. The molecule has 5 nitrogen and oxygen atoms in total. The predicted molar refractivity (Wildman–Crippen MR) is 73.0 cm³/mol. The normalized spacial score (nSPS) is 12.3. The van der Waals surface area contributed by atoms with Gasteiger partial charge in [0.1, 0.15) is 0 Å². The summed E-state index contributed by atoms with van der Waals surface area (Å²) in [7, 11) is 0. The number of likely N-dealkylation sites (N-methyl/N-ethyl adjacent to an activating group) is 1. The summed E-state index contributed by atoms with van der Waals surface area (Å²) < 4.78 is 0. The molecule has 0 aliphatic carbocycles. The standard InChI is InChI=1S/C13H27N3O2/c1-5-16(9-12(17)15-10(2)3)13(18)8-6-7-11(4)14/h10-11H,5-9,14H2,1-4H3,(H,15,17). The first-order valence-corrected chi connectivity index (χ1v) is 6.69. The van der Waals surface area contributed by atoms with E-state index in [0.29, 0.717) is 13.0 Å².